The fourth-order valence-corrected chi connectivity index (χ4v) is 4.45. The Morgan fingerprint density at radius 1 is 1.18 bits per heavy atom. The highest BCUT2D eigenvalue weighted by Crippen LogP contribution is 2.78. The first-order chi connectivity index (χ1) is 5.17. The molecule has 0 heteroatoms. The van der Waals surface area contributed by atoms with Gasteiger partial charge in [0, 0.05) is 0 Å². The molecule has 3 aliphatic rings. The van der Waals surface area contributed by atoms with E-state index in [1.165, 1.54) is 12.8 Å². The van der Waals surface area contributed by atoms with Crippen molar-refractivity contribution in [3.63, 3.8) is 0 Å². The van der Waals surface area contributed by atoms with Crippen LogP contribution in [0, 0.1) is 22.7 Å². The first-order valence-electron chi connectivity index (χ1n) is 5.17. The maximum atomic E-state index is 2.56. The molecule has 0 heterocycles. The van der Waals surface area contributed by atoms with Gasteiger partial charge in [0.2, 0.25) is 0 Å². The quantitative estimate of drug-likeness (QED) is 0.497. The van der Waals surface area contributed by atoms with Gasteiger partial charge >= 0.3 is 0 Å². The third kappa shape index (κ3) is 0.467. The van der Waals surface area contributed by atoms with Crippen molar-refractivity contribution in [1.82, 2.24) is 0 Å². The molecule has 4 atom stereocenters. The highest BCUT2D eigenvalue weighted by atomic mass is 14.7. The summed E-state index contributed by atoms with van der Waals surface area (Å²) >= 11 is 0. The van der Waals surface area contributed by atoms with Crippen molar-refractivity contribution in [1.29, 1.82) is 0 Å². The van der Waals surface area contributed by atoms with Gasteiger partial charge in [-0.25, -0.2) is 0 Å². The molecular formula is C11H18. The first kappa shape index (κ1) is 6.51. The van der Waals surface area contributed by atoms with Crippen molar-refractivity contribution in [2.75, 3.05) is 0 Å². The Morgan fingerprint density at radius 2 is 2.00 bits per heavy atom. The molecule has 0 radical (unpaired) electrons. The molecule has 0 N–H and O–H groups in total. The number of hydrogen-bond donors (Lipinski definition) is 0. The first-order valence-corrected chi connectivity index (χ1v) is 5.17. The van der Waals surface area contributed by atoms with Crippen LogP contribution in [-0.2, 0) is 0 Å². The fraction of sp³-hybridized carbons (Fsp3) is 1.00. The Bertz CT molecular complexity index is 202. The van der Waals surface area contributed by atoms with Gasteiger partial charge in [-0.3, -0.25) is 0 Å². The van der Waals surface area contributed by atoms with Crippen LogP contribution in [-0.4, -0.2) is 0 Å². The molecule has 0 aliphatic heterocycles. The second kappa shape index (κ2) is 1.53. The standard InChI is InChI=1S/C11H18/c1-10-5-3-4-8-6-9(7-10)11(8,10)2/h8-9H,3-7H2,1-2H3. The molecule has 0 aromatic heterocycles. The largest absolute Gasteiger partial charge is 0.0591 e. The summed E-state index contributed by atoms with van der Waals surface area (Å²) in [6.45, 7) is 5.10. The smallest absolute Gasteiger partial charge is 0.0215 e. The molecule has 0 aromatic rings. The maximum Gasteiger partial charge on any atom is -0.0215 e. The third-order valence-electron chi connectivity index (χ3n) is 5.54. The van der Waals surface area contributed by atoms with Crippen LogP contribution < -0.4 is 0 Å². The van der Waals surface area contributed by atoms with Crippen molar-refractivity contribution in [3.8, 4) is 0 Å². The van der Waals surface area contributed by atoms with E-state index in [1.807, 2.05) is 0 Å². The molecule has 3 rings (SSSR count). The number of rotatable bonds is 0. The lowest BCUT2D eigenvalue weighted by atomic mass is 9.29. The lowest BCUT2D eigenvalue weighted by Crippen LogP contribution is -2.68. The van der Waals surface area contributed by atoms with Gasteiger partial charge in [-0.1, -0.05) is 20.3 Å². The average molecular weight is 150 g/mol. The molecule has 3 aliphatic carbocycles. The molecule has 3 saturated carbocycles. The molecule has 0 saturated heterocycles. The van der Waals surface area contributed by atoms with Gasteiger partial charge in [0.15, 0.2) is 0 Å². The summed E-state index contributed by atoms with van der Waals surface area (Å²) in [5, 5.41) is 0. The molecule has 0 nitrogen and oxygen atoms in total. The fourth-order valence-electron chi connectivity index (χ4n) is 4.45. The molecule has 11 heavy (non-hydrogen) atoms. The minimum atomic E-state index is 0.777. The SMILES string of the molecule is CC12CCCC3CC(C1)C32C. The van der Waals surface area contributed by atoms with Gasteiger partial charge in [0.05, 0.1) is 0 Å². The van der Waals surface area contributed by atoms with Gasteiger partial charge < -0.3 is 0 Å². The molecule has 0 spiro atoms. The van der Waals surface area contributed by atoms with E-state index in [1.54, 1.807) is 19.3 Å². The van der Waals surface area contributed by atoms with Gasteiger partial charge in [-0.2, -0.15) is 0 Å². The summed E-state index contributed by atoms with van der Waals surface area (Å²) < 4.78 is 0. The average Bonchev–Trinajstić information content (AvgIpc) is 1.94. The van der Waals surface area contributed by atoms with Crippen LogP contribution in [0.4, 0.5) is 0 Å². The van der Waals surface area contributed by atoms with Gasteiger partial charge in [-0.05, 0) is 48.3 Å². The lowest BCUT2D eigenvalue weighted by molar-refractivity contribution is -0.267. The summed E-state index contributed by atoms with van der Waals surface area (Å²) in [7, 11) is 0. The van der Waals surface area contributed by atoms with E-state index in [0.29, 0.717) is 0 Å². The Balaban J connectivity index is 1.99. The Kier molecular flexibility index (Phi) is 0.906. The zero-order valence-electron chi connectivity index (χ0n) is 7.69. The van der Waals surface area contributed by atoms with E-state index in [-0.39, 0.29) is 0 Å². The molecule has 0 aromatic carbocycles. The second-order valence-corrected chi connectivity index (χ2v) is 5.57. The van der Waals surface area contributed by atoms with Crippen molar-refractivity contribution in [3.05, 3.63) is 0 Å². The molecule has 0 bridgehead atoms. The normalized spacial score (nSPS) is 66.0. The van der Waals surface area contributed by atoms with Crippen LogP contribution >= 0.6 is 0 Å². The topological polar surface area (TPSA) is 0 Å². The van der Waals surface area contributed by atoms with Crippen LogP contribution in [0.5, 0.6) is 0 Å². The van der Waals surface area contributed by atoms with E-state index in [4.69, 9.17) is 0 Å². The summed E-state index contributed by atoms with van der Waals surface area (Å²) in [5.41, 5.74) is 1.59. The van der Waals surface area contributed by atoms with Crippen molar-refractivity contribution < 1.29 is 0 Å². The van der Waals surface area contributed by atoms with Crippen molar-refractivity contribution in [2.24, 2.45) is 22.7 Å². The van der Waals surface area contributed by atoms with Gasteiger partial charge in [-0.15, -0.1) is 0 Å². The van der Waals surface area contributed by atoms with Gasteiger partial charge in [0.25, 0.3) is 0 Å². The third-order valence-corrected chi connectivity index (χ3v) is 5.54. The van der Waals surface area contributed by atoms with Crippen LogP contribution in [0.1, 0.15) is 46.0 Å². The second-order valence-electron chi connectivity index (χ2n) is 5.57. The molecule has 4 unspecified atom stereocenters. The van der Waals surface area contributed by atoms with E-state index in [2.05, 4.69) is 13.8 Å². The van der Waals surface area contributed by atoms with Crippen LogP contribution in [0.15, 0.2) is 0 Å². The van der Waals surface area contributed by atoms with Gasteiger partial charge in [0.1, 0.15) is 0 Å². The Labute approximate surface area is 69.4 Å². The summed E-state index contributed by atoms with van der Waals surface area (Å²) in [5.74, 6) is 2.26. The van der Waals surface area contributed by atoms with E-state index < -0.39 is 0 Å². The molecule has 62 valence electrons. The zero-order chi connectivity index (χ0) is 7.69. The van der Waals surface area contributed by atoms with Crippen LogP contribution in [0.3, 0.4) is 0 Å². The van der Waals surface area contributed by atoms with Crippen molar-refractivity contribution >= 4 is 0 Å². The highest BCUT2D eigenvalue weighted by Gasteiger charge is 2.69. The summed E-state index contributed by atoms with van der Waals surface area (Å²) in [4.78, 5) is 0. The molecule has 0 amide bonds. The minimum Gasteiger partial charge on any atom is -0.0591 e. The molecular weight excluding hydrogens is 132 g/mol. The van der Waals surface area contributed by atoms with E-state index in [0.717, 1.165) is 22.7 Å². The van der Waals surface area contributed by atoms with E-state index in [9.17, 15) is 0 Å². The number of hydrogen-bond acceptors (Lipinski definition) is 0. The van der Waals surface area contributed by atoms with E-state index >= 15 is 0 Å². The van der Waals surface area contributed by atoms with Crippen molar-refractivity contribution in [2.45, 2.75) is 46.0 Å². The monoisotopic (exact) mass is 150 g/mol. The highest BCUT2D eigenvalue weighted by molar-refractivity contribution is 5.18. The van der Waals surface area contributed by atoms with Crippen LogP contribution in [0.2, 0.25) is 0 Å². The minimum absolute atomic E-state index is 0.777. The maximum absolute atomic E-state index is 2.56. The zero-order valence-corrected chi connectivity index (χ0v) is 7.69. The predicted molar refractivity (Wildman–Crippen MR) is 46.3 cm³/mol. The summed E-state index contributed by atoms with van der Waals surface area (Å²) in [6, 6.07) is 0. The Morgan fingerprint density at radius 3 is 2.55 bits per heavy atom. The Hall–Kier alpha value is 0. The predicted octanol–water partition coefficient (Wildman–Crippen LogP) is 3.22. The summed E-state index contributed by atoms with van der Waals surface area (Å²) in [6.07, 6.45) is 7.72. The lowest BCUT2D eigenvalue weighted by Gasteiger charge is -2.76. The molecule has 3 fully saturated rings. The van der Waals surface area contributed by atoms with Crippen LogP contribution in [0.25, 0.3) is 0 Å².